The van der Waals surface area contributed by atoms with E-state index in [9.17, 15) is 0 Å². The lowest BCUT2D eigenvalue weighted by atomic mass is 10.1. The van der Waals surface area contributed by atoms with Gasteiger partial charge in [0.05, 0.1) is 19.3 Å². The Morgan fingerprint density at radius 2 is 2.06 bits per heavy atom. The minimum absolute atomic E-state index is 0.490. The van der Waals surface area contributed by atoms with E-state index < -0.39 is 0 Å². The molecule has 0 aromatic rings. The second-order valence-corrected chi connectivity index (χ2v) is 4.98. The summed E-state index contributed by atoms with van der Waals surface area (Å²) in [6, 6.07) is 0.585. The number of hydrogen-bond donors (Lipinski definition) is 1. The van der Waals surface area contributed by atoms with Crippen LogP contribution in [0, 0.1) is 5.92 Å². The van der Waals surface area contributed by atoms with E-state index in [1.165, 1.54) is 19.3 Å². The second kappa shape index (κ2) is 7.31. The van der Waals surface area contributed by atoms with Gasteiger partial charge in [0.25, 0.3) is 0 Å². The number of methoxy groups -OCH3 is 1. The predicted molar refractivity (Wildman–Crippen MR) is 66.2 cm³/mol. The Labute approximate surface area is 104 Å². The molecule has 0 aromatic heterocycles. The van der Waals surface area contributed by atoms with Crippen LogP contribution in [0.15, 0.2) is 0 Å². The molecular formula is C13H25NO3. The molecule has 100 valence electrons. The van der Waals surface area contributed by atoms with Gasteiger partial charge in [-0.15, -0.1) is 0 Å². The van der Waals surface area contributed by atoms with Crippen LogP contribution in [-0.4, -0.2) is 52.2 Å². The summed E-state index contributed by atoms with van der Waals surface area (Å²) in [7, 11) is 1.70. The smallest absolute Gasteiger partial charge is 0.0756 e. The minimum Gasteiger partial charge on any atom is -0.382 e. The molecule has 2 rings (SSSR count). The van der Waals surface area contributed by atoms with Crippen molar-refractivity contribution >= 4 is 0 Å². The van der Waals surface area contributed by atoms with E-state index >= 15 is 0 Å². The molecule has 4 heteroatoms. The Kier molecular flexibility index (Phi) is 5.71. The Bertz CT molecular complexity index is 209. The van der Waals surface area contributed by atoms with E-state index in [4.69, 9.17) is 14.2 Å². The molecule has 2 atom stereocenters. The molecule has 4 nitrogen and oxygen atoms in total. The average molecular weight is 243 g/mol. The molecule has 0 spiro atoms. The van der Waals surface area contributed by atoms with Crippen LogP contribution in [0.25, 0.3) is 0 Å². The zero-order chi connectivity index (χ0) is 11.9. The summed E-state index contributed by atoms with van der Waals surface area (Å²) >= 11 is 0. The van der Waals surface area contributed by atoms with Crippen molar-refractivity contribution in [1.82, 2.24) is 5.32 Å². The standard InChI is InChI=1S/C13H25NO3/c1-15-9-10-16-7-2-6-14-12-5-8-17-13(12)11-3-4-11/h11-14H,2-10H2,1H3. The van der Waals surface area contributed by atoms with Crippen molar-refractivity contribution in [3.05, 3.63) is 0 Å². The van der Waals surface area contributed by atoms with E-state index in [0.29, 0.717) is 25.4 Å². The van der Waals surface area contributed by atoms with Crippen LogP contribution in [0.1, 0.15) is 25.7 Å². The SMILES string of the molecule is COCCOCCCNC1CCOC1C1CC1. The van der Waals surface area contributed by atoms with Crippen LogP contribution in [0.2, 0.25) is 0 Å². The third kappa shape index (κ3) is 4.54. The maximum absolute atomic E-state index is 5.79. The highest BCUT2D eigenvalue weighted by Crippen LogP contribution is 2.38. The lowest BCUT2D eigenvalue weighted by Gasteiger charge is -2.19. The molecule has 1 heterocycles. The normalized spacial score (nSPS) is 28.8. The van der Waals surface area contributed by atoms with Crippen LogP contribution in [-0.2, 0) is 14.2 Å². The van der Waals surface area contributed by atoms with Crippen LogP contribution < -0.4 is 5.32 Å². The third-order valence-corrected chi connectivity index (χ3v) is 3.53. The zero-order valence-corrected chi connectivity index (χ0v) is 10.8. The fraction of sp³-hybridized carbons (Fsp3) is 1.00. The van der Waals surface area contributed by atoms with Crippen molar-refractivity contribution in [1.29, 1.82) is 0 Å². The first kappa shape index (κ1) is 13.3. The van der Waals surface area contributed by atoms with E-state index in [1.54, 1.807) is 7.11 Å². The maximum Gasteiger partial charge on any atom is 0.0756 e. The number of ether oxygens (including phenoxy) is 3. The van der Waals surface area contributed by atoms with E-state index in [1.807, 2.05) is 0 Å². The average Bonchev–Trinajstić information content (AvgIpc) is 3.08. The van der Waals surface area contributed by atoms with Gasteiger partial charge in [-0.25, -0.2) is 0 Å². The highest BCUT2D eigenvalue weighted by atomic mass is 16.5. The second-order valence-electron chi connectivity index (χ2n) is 4.98. The van der Waals surface area contributed by atoms with Crippen molar-refractivity contribution < 1.29 is 14.2 Å². The summed E-state index contributed by atoms with van der Waals surface area (Å²) in [6.45, 7) is 4.17. The first-order valence-electron chi connectivity index (χ1n) is 6.83. The monoisotopic (exact) mass is 243 g/mol. The summed E-state index contributed by atoms with van der Waals surface area (Å²) < 4.78 is 16.1. The highest BCUT2D eigenvalue weighted by molar-refractivity contribution is 4.93. The van der Waals surface area contributed by atoms with Gasteiger partial charge in [0.2, 0.25) is 0 Å². The number of hydrogen-bond acceptors (Lipinski definition) is 4. The predicted octanol–water partition coefficient (Wildman–Crippen LogP) is 1.20. The van der Waals surface area contributed by atoms with Crippen LogP contribution in [0.5, 0.6) is 0 Å². The van der Waals surface area contributed by atoms with Crippen molar-refractivity contribution in [3.63, 3.8) is 0 Å². The molecule has 0 radical (unpaired) electrons. The molecule has 2 aliphatic rings. The summed E-state index contributed by atoms with van der Waals surface area (Å²) in [5, 5.41) is 3.61. The number of rotatable bonds is 9. The Morgan fingerprint density at radius 3 is 2.82 bits per heavy atom. The molecule has 0 amide bonds. The summed E-state index contributed by atoms with van der Waals surface area (Å²) in [5.74, 6) is 0.841. The van der Waals surface area contributed by atoms with Gasteiger partial charge in [-0.1, -0.05) is 0 Å². The molecule has 1 saturated heterocycles. The Hall–Kier alpha value is -0.160. The Balaban J connectivity index is 1.47. The fourth-order valence-corrected chi connectivity index (χ4v) is 2.43. The molecule has 1 saturated carbocycles. The topological polar surface area (TPSA) is 39.7 Å². The molecular weight excluding hydrogens is 218 g/mol. The first-order valence-corrected chi connectivity index (χ1v) is 6.83. The minimum atomic E-state index is 0.490. The molecule has 2 unspecified atom stereocenters. The summed E-state index contributed by atoms with van der Waals surface area (Å²) in [5.41, 5.74) is 0. The van der Waals surface area contributed by atoms with Crippen LogP contribution in [0.3, 0.4) is 0 Å². The van der Waals surface area contributed by atoms with E-state index in [-0.39, 0.29) is 0 Å². The quantitative estimate of drug-likeness (QED) is 0.618. The lowest BCUT2D eigenvalue weighted by molar-refractivity contribution is 0.0665. The first-order chi connectivity index (χ1) is 8.42. The summed E-state index contributed by atoms with van der Waals surface area (Å²) in [4.78, 5) is 0. The van der Waals surface area contributed by atoms with Gasteiger partial charge < -0.3 is 19.5 Å². The van der Waals surface area contributed by atoms with Gasteiger partial charge in [0.15, 0.2) is 0 Å². The van der Waals surface area contributed by atoms with Gasteiger partial charge >= 0.3 is 0 Å². The lowest BCUT2D eigenvalue weighted by Crippen LogP contribution is -2.38. The van der Waals surface area contributed by atoms with Crippen molar-refractivity contribution in [3.8, 4) is 0 Å². The molecule has 0 bridgehead atoms. The molecule has 1 aliphatic carbocycles. The van der Waals surface area contributed by atoms with Crippen molar-refractivity contribution in [2.75, 3.05) is 40.1 Å². The van der Waals surface area contributed by atoms with Crippen LogP contribution in [0.4, 0.5) is 0 Å². The van der Waals surface area contributed by atoms with E-state index in [2.05, 4.69) is 5.32 Å². The highest BCUT2D eigenvalue weighted by Gasteiger charge is 2.40. The molecule has 0 aromatic carbocycles. The Morgan fingerprint density at radius 1 is 1.18 bits per heavy atom. The van der Waals surface area contributed by atoms with Crippen LogP contribution >= 0.6 is 0 Å². The fourth-order valence-electron chi connectivity index (χ4n) is 2.43. The summed E-state index contributed by atoms with van der Waals surface area (Å²) in [6.07, 6.45) is 5.46. The zero-order valence-electron chi connectivity index (χ0n) is 10.8. The van der Waals surface area contributed by atoms with E-state index in [0.717, 1.165) is 32.1 Å². The largest absolute Gasteiger partial charge is 0.382 e. The van der Waals surface area contributed by atoms with Gasteiger partial charge in [0.1, 0.15) is 0 Å². The number of nitrogens with one attached hydrogen (secondary N) is 1. The third-order valence-electron chi connectivity index (χ3n) is 3.53. The molecule has 1 aliphatic heterocycles. The maximum atomic E-state index is 5.79. The van der Waals surface area contributed by atoms with Gasteiger partial charge in [-0.3, -0.25) is 0 Å². The van der Waals surface area contributed by atoms with Gasteiger partial charge in [-0.2, -0.15) is 0 Å². The van der Waals surface area contributed by atoms with Crippen molar-refractivity contribution in [2.24, 2.45) is 5.92 Å². The molecule has 1 N–H and O–H groups in total. The van der Waals surface area contributed by atoms with Crippen molar-refractivity contribution in [2.45, 2.75) is 37.8 Å². The van der Waals surface area contributed by atoms with Gasteiger partial charge in [0, 0.05) is 26.4 Å². The molecule has 17 heavy (non-hydrogen) atoms. The molecule has 2 fully saturated rings. The van der Waals surface area contributed by atoms with Gasteiger partial charge in [-0.05, 0) is 38.1 Å².